The number of halogens is 4. The van der Waals surface area contributed by atoms with Gasteiger partial charge in [-0.2, -0.15) is 5.26 Å². The van der Waals surface area contributed by atoms with E-state index in [-0.39, 0.29) is 22.5 Å². The van der Waals surface area contributed by atoms with Gasteiger partial charge in [0.2, 0.25) is 0 Å². The summed E-state index contributed by atoms with van der Waals surface area (Å²) in [7, 11) is 0. The Bertz CT molecular complexity index is 1100. The fourth-order valence-corrected chi connectivity index (χ4v) is 3.50. The summed E-state index contributed by atoms with van der Waals surface area (Å²) >= 11 is 1.10. The van der Waals surface area contributed by atoms with Crippen LogP contribution in [0.4, 0.5) is 17.6 Å². The summed E-state index contributed by atoms with van der Waals surface area (Å²) in [6.45, 7) is 0. The highest BCUT2D eigenvalue weighted by atomic mass is 32.2. The number of nitrogens with one attached hydrogen (secondary N) is 1. The van der Waals surface area contributed by atoms with Crippen molar-refractivity contribution < 1.29 is 22.3 Å². The Hall–Kier alpha value is -2.99. The van der Waals surface area contributed by atoms with E-state index in [2.05, 4.69) is 9.72 Å². The molecule has 0 bridgehead atoms. The number of hydrogen-bond acceptors (Lipinski definition) is 4. The third-order valence-electron chi connectivity index (χ3n) is 3.59. The van der Waals surface area contributed by atoms with E-state index < -0.39 is 17.7 Å². The maximum atomic E-state index is 14.1. The van der Waals surface area contributed by atoms with Gasteiger partial charge in [0.1, 0.15) is 23.2 Å². The number of ether oxygens (including phenoxy) is 1. The second kappa shape index (κ2) is 7.32. The topological polar surface area (TPSA) is 65.9 Å². The highest BCUT2D eigenvalue weighted by Gasteiger charge is 2.31. The Morgan fingerprint density at radius 1 is 1.19 bits per heavy atom. The summed E-state index contributed by atoms with van der Waals surface area (Å²) in [4.78, 5) is 14.6. The first-order valence-corrected chi connectivity index (χ1v) is 8.49. The largest absolute Gasteiger partial charge is 0.573 e. The van der Waals surface area contributed by atoms with E-state index in [9.17, 15) is 22.4 Å². The average molecular weight is 394 g/mol. The van der Waals surface area contributed by atoms with Crippen LogP contribution in [0, 0.1) is 17.1 Å². The van der Waals surface area contributed by atoms with Crippen molar-refractivity contribution in [3.8, 4) is 11.8 Å². The van der Waals surface area contributed by atoms with Crippen LogP contribution in [0.15, 0.2) is 52.3 Å². The lowest BCUT2D eigenvalue weighted by atomic mass is 10.1. The second-order valence-corrected chi connectivity index (χ2v) is 6.40. The zero-order chi connectivity index (χ0) is 19.6. The molecule has 9 heteroatoms. The zero-order valence-electron chi connectivity index (χ0n) is 13.4. The Morgan fingerprint density at radius 2 is 1.93 bits per heavy atom. The van der Waals surface area contributed by atoms with Crippen molar-refractivity contribution in [1.82, 2.24) is 4.98 Å². The number of nitriles is 1. The molecule has 3 rings (SSSR count). The van der Waals surface area contributed by atoms with E-state index in [0.29, 0.717) is 16.0 Å². The average Bonchev–Trinajstić information content (AvgIpc) is 2.59. The molecule has 1 aromatic heterocycles. The summed E-state index contributed by atoms with van der Waals surface area (Å²) in [5.41, 5.74) is -0.545. The first-order chi connectivity index (χ1) is 12.8. The quantitative estimate of drug-likeness (QED) is 0.513. The first-order valence-electron chi connectivity index (χ1n) is 7.50. The van der Waals surface area contributed by atoms with Gasteiger partial charge in [-0.05, 0) is 23.8 Å². The van der Waals surface area contributed by atoms with E-state index in [1.807, 2.05) is 0 Å². The normalized spacial score (nSPS) is 11.4. The van der Waals surface area contributed by atoms with E-state index in [4.69, 9.17) is 5.26 Å². The van der Waals surface area contributed by atoms with Crippen LogP contribution in [0.1, 0.15) is 11.1 Å². The predicted molar refractivity (Wildman–Crippen MR) is 91.9 cm³/mol. The SMILES string of the molecule is N#Cc1c(=O)[nH]c(SCc2cccc(OC(F)(F)F)c2)c2cccc(F)c12. The minimum Gasteiger partial charge on any atom is -0.406 e. The molecule has 0 spiro atoms. The molecule has 1 N–H and O–H groups in total. The van der Waals surface area contributed by atoms with Crippen LogP contribution in [-0.2, 0) is 5.75 Å². The minimum atomic E-state index is -4.79. The Morgan fingerprint density at radius 3 is 2.63 bits per heavy atom. The molecule has 2 aromatic carbocycles. The van der Waals surface area contributed by atoms with Crippen LogP contribution in [0.3, 0.4) is 0 Å². The monoisotopic (exact) mass is 394 g/mol. The highest BCUT2D eigenvalue weighted by Crippen LogP contribution is 2.31. The van der Waals surface area contributed by atoms with Gasteiger partial charge in [0.15, 0.2) is 0 Å². The van der Waals surface area contributed by atoms with Gasteiger partial charge in [-0.25, -0.2) is 4.39 Å². The third kappa shape index (κ3) is 4.23. The van der Waals surface area contributed by atoms with Gasteiger partial charge in [-0.3, -0.25) is 4.79 Å². The molecule has 0 saturated heterocycles. The molecule has 0 radical (unpaired) electrons. The van der Waals surface area contributed by atoms with Gasteiger partial charge in [0, 0.05) is 16.5 Å². The van der Waals surface area contributed by atoms with Crippen molar-refractivity contribution in [2.75, 3.05) is 0 Å². The van der Waals surface area contributed by atoms with Crippen LogP contribution >= 0.6 is 11.8 Å². The Labute approximate surface area is 154 Å². The Kier molecular flexibility index (Phi) is 5.10. The molecule has 0 saturated carbocycles. The number of benzene rings is 2. The Balaban J connectivity index is 1.93. The summed E-state index contributed by atoms with van der Waals surface area (Å²) in [5.74, 6) is -0.856. The van der Waals surface area contributed by atoms with Crippen molar-refractivity contribution >= 4 is 22.5 Å². The molecule has 0 aliphatic heterocycles. The van der Waals surface area contributed by atoms with Gasteiger partial charge in [0.25, 0.3) is 5.56 Å². The molecule has 0 fully saturated rings. The van der Waals surface area contributed by atoms with Crippen LogP contribution in [0.25, 0.3) is 10.8 Å². The van der Waals surface area contributed by atoms with Crippen LogP contribution in [-0.4, -0.2) is 11.3 Å². The number of fused-ring (bicyclic) bond motifs is 1. The summed E-state index contributed by atoms with van der Waals surface area (Å²) in [5, 5.41) is 9.69. The van der Waals surface area contributed by atoms with Crippen molar-refractivity contribution in [1.29, 1.82) is 5.26 Å². The van der Waals surface area contributed by atoms with E-state index in [1.165, 1.54) is 24.3 Å². The third-order valence-corrected chi connectivity index (χ3v) is 4.68. The highest BCUT2D eigenvalue weighted by molar-refractivity contribution is 7.98. The summed E-state index contributed by atoms with van der Waals surface area (Å²) < 4.78 is 55.0. The van der Waals surface area contributed by atoms with Crippen molar-refractivity contribution in [2.45, 2.75) is 17.1 Å². The number of aromatic nitrogens is 1. The predicted octanol–water partition coefficient (Wildman–Crippen LogP) is 4.73. The number of aromatic amines is 1. The lowest BCUT2D eigenvalue weighted by molar-refractivity contribution is -0.274. The molecular weight excluding hydrogens is 384 g/mol. The maximum Gasteiger partial charge on any atom is 0.573 e. The molecule has 0 aliphatic rings. The molecule has 4 nitrogen and oxygen atoms in total. The number of hydrogen-bond donors (Lipinski definition) is 1. The molecule has 3 aromatic rings. The molecule has 138 valence electrons. The second-order valence-electron chi connectivity index (χ2n) is 5.42. The molecule has 27 heavy (non-hydrogen) atoms. The smallest absolute Gasteiger partial charge is 0.406 e. The zero-order valence-corrected chi connectivity index (χ0v) is 14.2. The number of rotatable bonds is 4. The van der Waals surface area contributed by atoms with Crippen LogP contribution in [0.5, 0.6) is 5.75 Å². The lowest BCUT2D eigenvalue weighted by Crippen LogP contribution is -2.17. The minimum absolute atomic E-state index is 0.0830. The number of H-pyrrole nitrogens is 1. The van der Waals surface area contributed by atoms with Gasteiger partial charge in [-0.15, -0.1) is 24.9 Å². The molecule has 0 atom stereocenters. The molecule has 1 heterocycles. The molecule has 0 aliphatic carbocycles. The summed E-state index contributed by atoms with van der Waals surface area (Å²) in [6.07, 6.45) is -4.79. The lowest BCUT2D eigenvalue weighted by Gasteiger charge is -2.11. The fraction of sp³-hybridized carbons (Fsp3) is 0.111. The molecular formula is C18H10F4N2O2S. The number of pyridine rings is 1. The molecule has 0 amide bonds. The van der Waals surface area contributed by atoms with Gasteiger partial charge in [0.05, 0.1) is 5.03 Å². The summed E-state index contributed by atoms with van der Waals surface area (Å²) in [6, 6.07) is 11.3. The van der Waals surface area contributed by atoms with Crippen LogP contribution < -0.4 is 10.3 Å². The standard InChI is InChI=1S/C18H10F4N2O2S/c19-14-6-2-5-12-15(14)13(8-23)16(25)24-17(12)27-9-10-3-1-4-11(7-10)26-18(20,21)22/h1-7H,9H2,(H,24,25). The van der Waals surface area contributed by atoms with E-state index >= 15 is 0 Å². The van der Waals surface area contributed by atoms with E-state index in [1.54, 1.807) is 18.2 Å². The van der Waals surface area contributed by atoms with Crippen molar-refractivity contribution in [3.63, 3.8) is 0 Å². The van der Waals surface area contributed by atoms with Gasteiger partial charge < -0.3 is 9.72 Å². The number of nitrogens with zero attached hydrogens (tertiary/aromatic N) is 1. The number of alkyl halides is 3. The van der Waals surface area contributed by atoms with Crippen molar-refractivity contribution in [2.24, 2.45) is 0 Å². The van der Waals surface area contributed by atoms with Crippen molar-refractivity contribution in [3.05, 3.63) is 69.8 Å². The number of thioether (sulfide) groups is 1. The fourth-order valence-electron chi connectivity index (χ4n) is 2.52. The van der Waals surface area contributed by atoms with E-state index in [0.717, 1.165) is 17.8 Å². The molecule has 0 unspecified atom stereocenters. The van der Waals surface area contributed by atoms with Crippen LogP contribution in [0.2, 0.25) is 0 Å². The van der Waals surface area contributed by atoms with Gasteiger partial charge in [-0.1, -0.05) is 24.3 Å². The maximum absolute atomic E-state index is 14.1. The first kappa shape index (κ1) is 18.8. The van der Waals surface area contributed by atoms with Gasteiger partial charge >= 0.3 is 6.36 Å².